The van der Waals surface area contributed by atoms with E-state index in [1.165, 1.54) is 24.0 Å². The Labute approximate surface area is 129 Å². The predicted octanol–water partition coefficient (Wildman–Crippen LogP) is 3.87. The van der Waals surface area contributed by atoms with Crippen LogP contribution in [-0.2, 0) is 4.74 Å². The highest BCUT2D eigenvalue weighted by Crippen LogP contribution is 2.47. The SMILES string of the molecule is CCOC1(C(NN)c2cccc(C)c2)CCC(C)(C)CC1. The van der Waals surface area contributed by atoms with Gasteiger partial charge in [-0.05, 0) is 50.5 Å². The summed E-state index contributed by atoms with van der Waals surface area (Å²) in [6.45, 7) is 9.62. The van der Waals surface area contributed by atoms with Gasteiger partial charge in [0.25, 0.3) is 0 Å². The third-order valence-electron chi connectivity index (χ3n) is 4.95. The van der Waals surface area contributed by atoms with Crippen LogP contribution < -0.4 is 11.3 Å². The maximum atomic E-state index is 6.27. The first-order chi connectivity index (χ1) is 9.92. The Morgan fingerprint density at radius 1 is 1.24 bits per heavy atom. The summed E-state index contributed by atoms with van der Waals surface area (Å²) in [7, 11) is 0. The molecule has 3 N–H and O–H groups in total. The highest BCUT2D eigenvalue weighted by Gasteiger charge is 2.45. The van der Waals surface area contributed by atoms with Crippen LogP contribution in [0.4, 0.5) is 0 Å². The first kappa shape index (κ1) is 16.5. The van der Waals surface area contributed by atoms with Crippen LogP contribution >= 0.6 is 0 Å². The Hall–Kier alpha value is -0.900. The third kappa shape index (κ3) is 3.65. The number of benzene rings is 1. The second-order valence-corrected chi connectivity index (χ2v) is 7.18. The van der Waals surface area contributed by atoms with Gasteiger partial charge in [0.05, 0.1) is 11.6 Å². The summed E-state index contributed by atoms with van der Waals surface area (Å²) in [6, 6.07) is 8.63. The lowest BCUT2D eigenvalue weighted by molar-refractivity contribution is -0.108. The zero-order chi connectivity index (χ0) is 15.5. The van der Waals surface area contributed by atoms with Gasteiger partial charge >= 0.3 is 0 Å². The van der Waals surface area contributed by atoms with E-state index in [9.17, 15) is 0 Å². The highest BCUT2D eigenvalue weighted by atomic mass is 16.5. The molecule has 0 aliphatic heterocycles. The molecule has 2 rings (SSSR count). The molecule has 0 amide bonds. The quantitative estimate of drug-likeness (QED) is 0.639. The average molecular weight is 290 g/mol. The average Bonchev–Trinajstić information content (AvgIpc) is 2.43. The van der Waals surface area contributed by atoms with Gasteiger partial charge in [0.15, 0.2) is 0 Å². The third-order valence-corrected chi connectivity index (χ3v) is 4.95. The minimum absolute atomic E-state index is 0.0495. The van der Waals surface area contributed by atoms with Crippen molar-refractivity contribution in [2.75, 3.05) is 6.61 Å². The van der Waals surface area contributed by atoms with Crippen LogP contribution in [-0.4, -0.2) is 12.2 Å². The van der Waals surface area contributed by atoms with Crippen LogP contribution in [0.2, 0.25) is 0 Å². The van der Waals surface area contributed by atoms with Crippen molar-refractivity contribution >= 4 is 0 Å². The van der Waals surface area contributed by atoms with Gasteiger partial charge in [-0.2, -0.15) is 0 Å². The van der Waals surface area contributed by atoms with E-state index in [0.29, 0.717) is 5.41 Å². The number of rotatable bonds is 5. The van der Waals surface area contributed by atoms with E-state index in [-0.39, 0.29) is 11.6 Å². The highest BCUT2D eigenvalue weighted by molar-refractivity contribution is 5.27. The van der Waals surface area contributed by atoms with Gasteiger partial charge in [-0.1, -0.05) is 43.7 Å². The number of ether oxygens (including phenoxy) is 1. The van der Waals surface area contributed by atoms with E-state index in [1.54, 1.807) is 0 Å². The summed E-state index contributed by atoms with van der Waals surface area (Å²) >= 11 is 0. The smallest absolute Gasteiger partial charge is 0.0889 e. The van der Waals surface area contributed by atoms with Gasteiger partial charge in [-0.25, -0.2) is 0 Å². The van der Waals surface area contributed by atoms with Crippen molar-refractivity contribution in [3.05, 3.63) is 35.4 Å². The van der Waals surface area contributed by atoms with Crippen LogP contribution in [0.1, 0.15) is 63.6 Å². The van der Waals surface area contributed by atoms with Gasteiger partial charge in [0, 0.05) is 6.61 Å². The van der Waals surface area contributed by atoms with Crippen molar-refractivity contribution in [1.82, 2.24) is 5.43 Å². The molecule has 1 unspecified atom stereocenters. The molecule has 118 valence electrons. The summed E-state index contributed by atoms with van der Waals surface area (Å²) < 4.78 is 6.27. The molecule has 0 heterocycles. The van der Waals surface area contributed by atoms with E-state index in [0.717, 1.165) is 19.4 Å². The van der Waals surface area contributed by atoms with Crippen molar-refractivity contribution in [2.24, 2.45) is 11.3 Å². The fourth-order valence-electron chi connectivity index (χ4n) is 3.56. The number of hydrogen-bond donors (Lipinski definition) is 2. The second-order valence-electron chi connectivity index (χ2n) is 7.18. The minimum atomic E-state index is -0.188. The zero-order valence-electron chi connectivity index (χ0n) is 13.9. The van der Waals surface area contributed by atoms with Crippen LogP contribution in [0.3, 0.4) is 0 Å². The Bertz CT molecular complexity index is 460. The van der Waals surface area contributed by atoms with Gasteiger partial charge in [0.2, 0.25) is 0 Å². The monoisotopic (exact) mass is 290 g/mol. The molecule has 0 bridgehead atoms. The van der Waals surface area contributed by atoms with Crippen molar-refractivity contribution in [3.8, 4) is 0 Å². The number of hydrogen-bond acceptors (Lipinski definition) is 3. The number of hydrazine groups is 1. The fourth-order valence-corrected chi connectivity index (χ4v) is 3.56. The van der Waals surface area contributed by atoms with E-state index < -0.39 is 0 Å². The maximum absolute atomic E-state index is 6.27. The molecule has 0 spiro atoms. The van der Waals surface area contributed by atoms with Crippen molar-refractivity contribution in [1.29, 1.82) is 0 Å². The van der Waals surface area contributed by atoms with Crippen LogP contribution in [0.5, 0.6) is 0 Å². The van der Waals surface area contributed by atoms with Crippen LogP contribution in [0.25, 0.3) is 0 Å². The van der Waals surface area contributed by atoms with Crippen molar-refractivity contribution in [3.63, 3.8) is 0 Å². The molecule has 0 aromatic heterocycles. The Kier molecular flexibility index (Phi) is 5.07. The molecular formula is C18H30N2O. The van der Waals surface area contributed by atoms with Crippen molar-refractivity contribution < 1.29 is 4.74 Å². The molecule has 1 aromatic rings. The van der Waals surface area contributed by atoms with E-state index >= 15 is 0 Å². The molecule has 1 saturated carbocycles. The van der Waals surface area contributed by atoms with E-state index in [4.69, 9.17) is 10.6 Å². The van der Waals surface area contributed by atoms with Crippen molar-refractivity contribution in [2.45, 2.75) is 65.0 Å². The van der Waals surface area contributed by atoms with Gasteiger partial charge in [0.1, 0.15) is 0 Å². The molecule has 0 saturated heterocycles. The molecule has 1 aliphatic carbocycles. The summed E-state index contributed by atoms with van der Waals surface area (Å²) in [5, 5.41) is 0. The molecule has 1 aliphatic rings. The van der Waals surface area contributed by atoms with Gasteiger partial charge in [-0.15, -0.1) is 0 Å². The molecule has 3 heteroatoms. The molecule has 21 heavy (non-hydrogen) atoms. The molecule has 1 aromatic carbocycles. The molecule has 3 nitrogen and oxygen atoms in total. The fraction of sp³-hybridized carbons (Fsp3) is 0.667. The van der Waals surface area contributed by atoms with Crippen LogP contribution in [0.15, 0.2) is 24.3 Å². The summed E-state index contributed by atoms with van der Waals surface area (Å²) in [5.41, 5.74) is 5.75. The Morgan fingerprint density at radius 2 is 1.90 bits per heavy atom. The minimum Gasteiger partial charge on any atom is -0.373 e. The molecule has 0 radical (unpaired) electrons. The summed E-state index contributed by atoms with van der Waals surface area (Å²) in [5.74, 6) is 5.94. The molecule has 1 fully saturated rings. The Balaban J connectivity index is 2.31. The first-order valence-electron chi connectivity index (χ1n) is 8.09. The normalized spacial score (nSPS) is 22.0. The standard InChI is InChI=1S/C18H30N2O/c1-5-21-18(11-9-17(3,4)10-12-18)16(20-19)15-8-6-7-14(2)13-15/h6-8,13,16,20H,5,9-12,19H2,1-4H3. The van der Waals surface area contributed by atoms with Gasteiger partial charge < -0.3 is 4.74 Å². The van der Waals surface area contributed by atoms with E-state index in [1.807, 2.05) is 0 Å². The molecule has 1 atom stereocenters. The maximum Gasteiger partial charge on any atom is 0.0889 e. The van der Waals surface area contributed by atoms with Gasteiger partial charge in [-0.3, -0.25) is 11.3 Å². The lowest BCUT2D eigenvalue weighted by Crippen LogP contribution is -2.51. The largest absolute Gasteiger partial charge is 0.373 e. The Morgan fingerprint density at radius 3 is 2.43 bits per heavy atom. The lowest BCUT2D eigenvalue weighted by atomic mass is 9.67. The predicted molar refractivity (Wildman–Crippen MR) is 87.8 cm³/mol. The second kappa shape index (κ2) is 6.47. The number of aryl methyl sites for hydroxylation is 1. The summed E-state index contributed by atoms with van der Waals surface area (Å²) in [4.78, 5) is 0. The topological polar surface area (TPSA) is 47.3 Å². The number of nitrogens with two attached hydrogens (primary N) is 1. The summed E-state index contributed by atoms with van der Waals surface area (Å²) in [6.07, 6.45) is 4.46. The molecular weight excluding hydrogens is 260 g/mol. The van der Waals surface area contributed by atoms with Crippen LogP contribution in [0, 0.1) is 12.3 Å². The van der Waals surface area contributed by atoms with E-state index in [2.05, 4.69) is 57.4 Å². The lowest BCUT2D eigenvalue weighted by Gasteiger charge is -2.47. The zero-order valence-corrected chi connectivity index (χ0v) is 13.9. The number of nitrogens with one attached hydrogen (secondary N) is 1. The first-order valence-corrected chi connectivity index (χ1v) is 8.09.